The van der Waals surface area contributed by atoms with Gasteiger partial charge in [-0.2, -0.15) is 26.3 Å². The van der Waals surface area contributed by atoms with E-state index in [-0.39, 0.29) is 11.5 Å². The number of aromatic nitrogens is 2. The van der Waals surface area contributed by atoms with Crippen molar-refractivity contribution in [2.24, 2.45) is 0 Å². The first-order valence-corrected chi connectivity index (χ1v) is 12.7. The summed E-state index contributed by atoms with van der Waals surface area (Å²) >= 11 is 1.12. The van der Waals surface area contributed by atoms with Crippen LogP contribution in [0.25, 0.3) is 54.8 Å². The lowest BCUT2D eigenvalue weighted by molar-refractivity contribution is -0.159. The molecule has 1 heterocycles. The van der Waals surface area contributed by atoms with Gasteiger partial charge in [-0.3, -0.25) is 0 Å². The van der Waals surface area contributed by atoms with Gasteiger partial charge in [0.2, 0.25) is 0 Å². The third-order valence-electron chi connectivity index (χ3n) is 6.25. The third kappa shape index (κ3) is 5.22. The molecule has 6 rings (SSSR count). The lowest BCUT2D eigenvalue weighted by Gasteiger charge is -2.14. The maximum atomic E-state index is 13.2. The SMILES string of the molecule is CC(F)(F)Oc1ccc2cc(-c3ccc(-c4ccc5cc(OC(C)(F)F)ccc5c4)c4nsnc34)ccc2c1. The van der Waals surface area contributed by atoms with Crippen molar-refractivity contribution in [1.29, 1.82) is 0 Å². The van der Waals surface area contributed by atoms with Crippen LogP contribution in [-0.2, 0) is 0 Å². The second-order valence-electron chi connectivity index (χ2n) is 9.39. The van der Waals surface area contributed by atoms with Crippen molar-refractivity contribution in [3.63, 3.8) is 0 Å². The van der Waals surface area contributed by atoms with Crippen LogP contribution in [0.3, 0.4) is 0 Å². The van der Waals surface area contributed by atoms with Crippen molar-refractivity contribution in [3.8, 4) is 33.8 Å². The van der Waals surface area contributed by atoms with E-state index in [1.807, 2.05) is 48.5 Å². The van der Waals surface area contributed by atoms with Crippen LogP contribution in [0.4, 0.5) is 17.6 Å². The molecule has 0 radical (unpaired) electrons. The number of alkyl halides is 4. The Labute approximate surface area is 224 Å². The Hall–Kier alpha value is -4.24. The van der Waals surface area contributed by atoms with Crippen molar-refractivity contribution in [2.45, 2.75) is 26.1 Å². The molecule has 0 N–H and O–H groups in total. The van der Waals surface area contributed by atoms with Crippen LogP contribution < -0.4 is 9.47 Å². The average molecular weight is 549 g/mol. The highest BCUT2D eigenvalue weighted by molar-refractivity contribution is 7.00. The van der Waals surface area contributed by atoms with E-state index in [9.17, 15) is 17.6 Å². The topological polar surface area (TPSA) is 44.2 Å². The minimum atomic E-state index is -3.26. The van der Waals surface area contributed by atoms with Crippen LogP contribution in [0, 0.1) is 0 Å². The molecule has 196 valence electrons. The highest BCUT2D eigenvalue weighted by Gasteiger charge is 2.24. The first-order valence-electron chi connectivity index (χ1n) is 12.0. The molecule has 0 aliphatic rings. The maximum absolute atomic E-state index is 13.2. The van der Waals surface area contributed by atoms with Crippen LogP contribution in [0.5, 0.6) is 11.5 Å². The minimum Gasteiger partial charge on any atom is -0.433 e. The molecule has 0 fully saturated rings. The summed E-state index contributed by atoms with van der Waals surface area (Å²) in [6.45, 7) is 1.41. The summed E-state index contributed by atoms with van der Waals surface area (Å²) in [5.41, 5.74) is 5.12. The summed E-state index contributed by atoms with van der Waals surface area (Å²) in [5.74, 6) is 0.196. The number of ether oxygens (including phenoxy) is 2. The van der Waals surface area contributed by atoms with Crippen molar-refractivity contribution in [3.05, 3.63) is 84.9 Å². The fraction of sp³-hybridized carbons (Fsp3) is 0.133. The molecule has 0 bridgehead atoms. The maximum Gasteiger partial charge on any atom is 0.394 e. The molecule has 0 saturated heterocycles. The van der Waals surface area contributed by atoms with Gasteiger partial charge < -0.3 is 9.47 Å². The molecule has 0 aliphatic heterocycles. The number of nitrogens with zero attached hydrogens (tertiary/aromatic N) is 2. The van der Waals surface area contributed by atoms with E-state index in [0.29, 0.717) is 13.8 Å². The first kappa shape index (κ1) is 25.1. The molecule has 1 aromatic heterocycles. The Morgan fingerprint density at radius 1 is 0.538 bits per heavy atom. The molecule has 0 aliphatic carbocycles. The normalized spacial score (nSPS) is 12.4. The Morgan fingerprint density at radius 3 is 1.33 bits per heavy atom. The molecular formula is C30H20F4N2O2S. The smallest absolute Gasteiger partial charge is 0.394 e. The number of benzene rings is 5. The molecule has 0 saturated carbocycles. The number of rotatable bonds is 6. The highest BCUT2D eigenvalue weighted by Crippen LogP contribution is 2.37. The van der Waals surface area contributed by atoms with Gasteiger partial charge in [0.1, 0.15) is 22.5 Å². The summed E-state index contributed by atoms with van der Waals surface area (Å²) < 4.78 is 71.5. The molecule has 5 aromatic carbocycles. The van der Waals surface area contributed by atoms with E-state index >= 15 is 0 Å². The van der Waals surface area contributed by atoms with Gasteiger partial charge in [0.05, 0.1) is 11.7 Å². The number of hydrogen-bond acceptors (Lipinski definition) is 5. The monoisotopic (exact) mass is 548 g/mol. The van der Waals surface area contributed by atoms with Gasteiger partial charge in [-0.1, -0.05) is 48.5 Å². The van der Waals surface area contributed by atoms with Gasteiger partial charge in [-0.25, -0.2) is 0 Å². The Morgan fingerprint density at radius 2 is 0.923 bits per heavy atom. The zero-order valence-corrected chi connectivity index (χ0v) is 21.5. The van der Waals surface area contributed by atoms with E-state index < -0.39 is 12.2 Å². The molecule has 0 spiro atoms. The van der Waals surface area contributed by atoms with E-state index in [2.05, 4.69) is 8.75 Å². The van der Waals surface area contributed by atoms with Crippen molar-refractivity contribution >= 4 is 44.3 Å². The van der Waals surface area contributed by atoms with Gasteiger partial charge in [0.15, 0.2) is 0 Å². The van der Waals surface area contributed by atoms with Gasteiger partial charge in [0, 0.05) is 25.0 Å². The molecule has 0 amide bonds. The largest absolute Gasteiger partial charge is 0.433 e. The second kappa shape index (κ2) is 9.20. The summed E-state index contributed by atoms with van der Waals surface area (Å²) in [6.07, 6.45) is -6.51. The average Bonchev–Trinajstić information content (AvgIpc) is 3.36. The van der Waals surface area contributed by atoms with Gasteiger partial charge in [0.25, 0.3) is 0 Å². The highest BCUT2D eigenvalue weighted by atomic mass is 32.1. The summed E-state index contributed by atoms with van der Waals surface area (Å²) in [6, 6.07) is 25.2. The first-order chi connectivity index (χ1) is 18.5. The van der Waals surface area contributed by atoms with Crippen LogP contribution in [0.1, 0.15) is 13.8 Å². The Kier molecular flexibility index (Phi) is 5.91. The van der Waals surface area contributed by atoms with Gasteiger partial charge >= 0.3 is 12.2 Å². The summed E-state index contributed by atoms with van der Waals surface area (Å²) in [5, 5.41) is 3.30. The lowest BCUT2D eigenvalue weighted by Crippen LogP contribution is -2.18. The molecule has 9 heteroatoms. The third-order valence-corrected chi connectivity index (χ3v) is 6.78. The lowest BCUT2D eigenvalue weighted by atomic mass is 9.95. The Balaban J connectivity index is 1.36. The number of fused-ring (bicyclic) bond motifs is 3. The summed E-state index contributed by atoms with van der Waals surface area (Å²) in [7, 11) is 0. The minimum absolute atomic E-state index is 0.0978. The fourth-order valence-corrected chi connectivity index (χ4v) is 5.23. The van der Waals surface area contributed by atoms with Crippen molar-refractivity contribution in [2.75, 3.05) is 0 Å². The van der Waals surface area contributed by atoms with E-state index in [1.54, 1.807) is 24.3 Å². The molecule has 0 atom stereocenters. The molecule has 39 heavy (non-hydrogen) atoms. The number of halogens is 4. The second-order valence-corrected chi connectivity index (χ2v) is 9.92. The van der Waals surface area contributed by atoms with Crippen LogP contribution in [0.2, 0.25) is 0 Å². The zero-order chi connectivity index (χ0) is 27.4. The molecule has 4 nitrogen and oxygen atoms in total. The molecule has 6 aromatic rings. The van der Waals surface area contributed by atoms with E-state index in [1.165, 1.54) is 12.1 Å². The predicted octanol–water partition coefficient (Wildman–Crippen LogP) is 9.31. The molecule has 0 unspecified atom stereocenters. The standard InChI is InChI=1S/C30H20F4N2O2S/c1-29(31,32)37-23-9-7-17-13-21(5-3-19(17)15-23)25-11-12-26(28-27(25)35-39-36-28)22-6-4-20-16-24(38-30(2,33)34)10-8-18(20)14-22/h3-16H,1-2H3. The Bertz CT molecular complexity index is 1730. The van der Waals surface area contributed by atoms with Crippen LogP contribution in [0.15, 0.2) is 84.9 Å². The van der Waals surface area contributed by atoms with Gasteiger partial charge in [-0.15, -0.1) is 0 Å². The van der Waals surface area contributed by atoms with Crippen LogP contribution in [-0.4, -0.2) is 21.0 Å². The zero-order valence-electron chi connectivity index (χ0n) is 20.7. The fourth-order valence-electron chi connectivity index (χ4n) is 4.66. The van der Waals surface area contributed by atoms with E-state index in [4.69, 9.17) is 9.47 Å². The predicted molar refractivity (Wildman–Crippen MR) is 146 cm³/mol. The van der Waals surface area contributed by atoms with E-state index in [0.717, 1.165) is 66.6 Å². The quantitative estimate of drug-likeness (QED) is 0.195. The van der Waals surface area contributed by atoms with Crippen molar-refractivity contribution < 1.29 is 27.0 Å². The van der Waals surface area contributed by atoms with Crippen LogP contribution >= 0.6 is 11.7 Å². The van der Waals surface area contributed by atoms with Crippen molar-refractivity contribution in [1.82, 2.24) is 8.75 Å². The van der Waals surface area contributed by atoms with Gasteiger partial charge in [-0.05, 0) is 69.1 Å². The summed E-state index contributed by atoms with van der Waals surface area (Å²) in [4.78, 5) is 0. The number of hydrogen-bond donors (Lipinski definition) is 0. The molecular weight excluding hydrogens is 528 g/mol.